The van der Waals surface area contributed by atoms with Gasteiger partial charge in [-0.3, -0.25) is 0 Å². The van der Waals surface area contributed by atoms with Gasteiger partial charge in [0.05, 0.1) is 5.69 Å². The molecule has 1 aromatic heterocycles. The van der Waals surface area contributed by atoms with Crippen LogP contribution < -0.4 is 10.6 Å². The molecule has 4 nitrogen and oxygen atoms in total. The summed E-state index contributed by atoms with van der Waals surface area (Å²) < 4.78 is 0. The molecule has 2 heterocycles. The van der Waals surface area contributed by atoms with E-state index in [-0.39, 0.29) is 12.4 Å². The molecule has 2 N–H and O–H groups in total. The Kier molecular flexibility index (Phi) is 4.78. The van der Waals surface area contributed by atoms with Gasteiger partial charge in [0.15, 0.2) is 0 Å². The second-order valence-corrected chi connectivity index (χ2v) is 3.75. The van der Waals surface area contributed by atoms with Crippen LogP contribution in [0.2, 0.25) is 0 Å². The van der Waals surface area contributed by atoms with Crippen molar-refractivity contribution in [3.63, 3.8) is 0 Å². The molecule has 5 heteroatoms. The minimum absolute atomic E-state index is 0. The lowest BCUT2D eigenvalue weighted by atomic mass is 10.1. The third kappa shape index (κ3) is 3.64. The van der Waals surface area contributed by atoms with Crippen molar-refractivity contribution in [1.82, 2.24) is 15.5 Å². The van der Waals surface area contributed by atoms with Gasteiger partial charge in [-0.25, -0.2) is 0 Å². The van der Waals surface area contributed by atoms with E-state index in [9.17, 15) is 0 Å². The van der Waals surface area contributed by atoms with Crippen LogP contribution in [0.3, 0.4) is 0 Å². The number of aromatic nitrogens is 2. The summed E-state index contributed by atoms with van der Waals surface area (Å²) in [6.45, 7) is 4.10. The molecule has 84 valence electrons. The summed E-state index contributed by atoms with van der Waals surface area (Å²) in [5.41, 5.74) is 0.956. The summed E-state index contributed by atoms with van der Waals surface area (Å²) in [6, 6.07) is 4.46. The highest BCUT2D eigenvalue weighted by Crippen LogP contribution is 2.08. The number of rotatable bonds is 2. The first-order valence-corrected chi connectivity index (χ1v) is 5.12. The lowest BCUT2D eigenvalue weighted by Gasteiger charge is -2.23. The molecule has 0 bridgehead atoms. The van der Waals surface area contributed by atoms with E-state index in [1.165, 1.54) is 12.8 Å². The van der Waals surface area contributed by atoms with Crippen molar-refractivity contribution >= 4 is 18.2 Å². The Morgan fingerprint density at radius 3 is 2.87 bits per heavy atom. The molecule has 15 heavy (non-hydrogen) atoms. The average Bonchev–Trinajstić information content (AvgIpc) is 2.23. The van der Waals surface area contributed by atoms with E-state index in [1.807, 2.05) is 19.1 Å². The maximum absolute atomic E-state index is 4.08. The second kappa shape index (κ2) is 5.88. The average molecular weight is 229 g/mol. The van der Waals surface area contributed by atoms with Gasteiger partial charge in [0.2, 0.25) is 0 Å². The van der Waals surface area contributed by atoms with Crippen molar-refractivity contribution < 1.29 is 0 Å². The third-order valence-corrected chi connectivity index (χ3v) is 2.45. The lowest BCUT2D eigenvalue weighted by Crippen LogP contribution is -2.38. The number of halogens is 1. The smallest absolute Gasteiger partial charge is 0.148 e. The van der Waals surface area contributed by atoms with E-state index in [0.29, 0.717) is 6.04 Å². The third-order valence-electron chi connectivity index (χ3n) is 2.45. The fourth-order valence-electron chi connectivity index (χ4n) is 1.66. The molecule has 0 aromatic carbocycles. The summed E-state index contributed by atoms with van der Waals surface area (Å²) in [4.78, 5) is 0. The molecule has 1 atom stereocenters. The highest BCUT2D eigenvalue weighted by Gasteiger charge is 2.12. The van der Waals surface area contributed by atoms with Crippen LogP contribution in [0.25, 0.3) is 0 Å². The van der Waals surface area contributed by atoms with Crippen LogP contribution in [0.4, 0.5) is 5.82 Å². The minimum atomic E-state index is 0. The van der Waals surface area contributed by atoms with Crippen LogP contribution in [0.5, 0.6) is 0 Å². The summed E-state index contributed by atoms with van der Waals surface area (Å²) in [6.07, 6.45) is 2.44. The van der Waals surface area contributed by atoms with Gasteiger partial charge in [-0.2, -0.15) is 5.10 Å². The molecule has 1 aromatic rings. The number of nitrogens with one attached hydrogen (secondary N) is 2. The first kappa shape index (κ1) is 12.2. The molecule has 1 aliphatic rings. The summed E-state index contributed by atoms with van der Waals surface area (Å²) in [7, 11) is 0. The van der Waals surface area contributed by atoms with Gasteiger partial charge in [0.25, 0.3) is 0 Å². The Hall–Kier alpha value is -0.870. The molecule has 0 radical (unpaired) electrons. The zero-order chi connectivity index (χ0) is 9.80. The summed E-state index contributed by atoms with van der Waals surface area (Å²) >= 11 is 0. The van der Waals surface area contributed by atoms with Crippen molar-refractivity contribution in [3.8, 4) is 0 Å². The van der Waals surface area contributed by atoms with Gasteiger partial charge >= 0.3 is 0 Å². The molecular formula is C10H17ClN4. The van der Waals surface area contributed by atoms with Crippen molar-refractivity contribution in [2.45, 2.75) is 25.8 Å². The van der Waals surface area contributed by atoms with Crippen molar-refractivity contribution in [2.75, 3.05) is 18.4 Å². The number of piperidine rings is 1. The molecule has 0 spiro atoms. The standard InChI is InChI=1S/C10H16N4.ClH/c1-8-4-5-10(14-13-8)12-9-3-2-6-11-7-9;/h4-5,9,11H,2-3,6-7H2,1H3,(H,12,14);1H. The Labute approximate surface area is 96.3 Å². The molecule has 1 saturated heterocycles. The van der Waals surface area contributed by atoms with Crippen LogP contribution in [0, 0.1) is 6.92 Å². The Balaban J connectivity index is 0.00000112. The van der Waals surface area contributed by atoms with E-state index in [0.717, 1.165) is 24.6 Å². The highest BCUT2D eigenvalue weighted by atomic mass is 35.5. The number of nitrogens with zero attached hydrogens (tertiary/aromatic N) is 2. The van der Waals surface area contributed by atoms with Gasteiger partial charge in [-0.05, 0) is 38.4 Å². The van der Waals surface area contributed by atoms with Crippen molar-refractivity contribution in [3.05, 3.63) is 17.8 Å². The fraction of sp³-hybridized carbons (Fsp3) is 0.600. The monoisotopic (exact) mass is 228 g/mol. The van der Waals surface area contributed by atoms with Gasteiger partial charge in [0.1, 0.15) is 5.82 Å². The van der Waals surface area contributed by atoms with E-state index in [2.05, 4.69) is 20.8 Å². The number of anilines is 1. The minimum Gasteiger partial charge on any atom is -0.365 e. The van der Waals surface area contributed by atoms with Gasteiger partial charge in [-0.15, -0.1) is 17.5 Å². The number of hydrogen-bond acceptors (Lipinski definition) is 4. The zero-order valence-corrected chi connectivity index (χ0v) is 9.68. The van der Waals surface area contributed by atoms with Crippen molar-refractivity contribution in [2.24, 2.45) is 0 Å². The molecule has 2 rings (SSSR count). The second-order valence-electron chi connectivity index (χ2n) is 3.75. The van der Waals surface area contributed by atoms with Crippen LogP contribution >= 0.6 is 12.4 Å². The Morgan fingerprint density at radius 1 is 1.40 bits per heavy atom. The van der Waals surface area contributed by atoms with E-state index >= 15 is 0 Å². The number of aryl methyl sites for hydroxylation is 1. The lowest BCUT2D eigenvalue weighted by molar-refractivity contribution is 0.478. The zero-order valence-electron chi connectivity index (χ0n) is 8.86. The SMILES string of the molecule is Cc1ccc(NC2CCCNC2)nn1.Cl. The van der Waals surface area contributed by atoms with Crippen LogP contribution in [0.15, 0.2) is 12.1 Å². The first-order valence-electron chi connectivity index (χ1n) is 5.12. The van der Waals surface area contributed by atoms with E-state index < -0.39 is 0 Å². The molecule has 0 aliphatic carbocycles. The first-order chi connectivity index (χ1) is 6.84. The molecule has 1 unspecified atom stereocenters. The Bertz CT molecular complexity index is 282. The summed E-state index contributed by atoms with van der Waals surface area (Å²) in [5, 5.41) is 14.8. The molecule has 0 saturated carbocycles. The normalized spacial score (nSPS) is 20.5. The summed E-state index contributed by atoms with van der Waals surface area (Å²) in [5.74, 6) is 0.879. The van der Waals surface area contributed by atoms with Gasteiger partial charge in [-0.1, -0.05) is 0 Å². The molecule has 0 amide bonds. The maximum atomic E-state index is 4.08. The molecular weight excluding hydrogens is 212 g/mol. The quantitative estimate of drug-likeness (QED) is 0.803. The van der Waals surface area contributed by atoms with Crippen LogP contribution in [-0.2, 0) is 0 Å². The number of hydrogen-bond donors (Lipinski definition) is 2. The largest absolute Gasteiger partial charge is 0.365 e. The van der Waals surface area contributed by atoms with Gasteiger partial charge in [0, 0.05) is 12.6 Å². The van der Waals surface area contributed by atoms with Crippen LogP contribution in [-0.4, -0.2) is 29.3 Å². The predicted molar refractivity (Wildman–Crippen MR) is 63.5 cm³/mol. The fourth-order valence-corrected chi connectivity index (χ4v) is 1.66. The molecule has 1 aliphatic heterocycles. The maximum Gasteiger partial charge on any atom is 0.148 e. The Morgan fingerprint density at radius 2 is 2.27 bits per heavy atom. The van der Waals surface area contributed by atoms with E-state index in [1.54, 1.807) is 0 Å². The predicted octanol–water partition coefficient (Wildman–Crippen LogP) is 1.37. The molecule has 1 fully saturated rings. The topological polar surface area (TPSA) is 49.8 Å². The highest BCUT2D eigenvalue weighted by molar-refractivity contribution is 5.85. The van der Waals surface area contributed by atoms with Crippen LogP contribution in [0.1, 0.15) is 18.5 Å². The van der Waals surface area contributed by atoms with E-state index in [4.69, 9.17) is 0 Å². The van der Waals surface area contributed by atoms with Crippen molar-refractivity contribution in [1.29, 1.82) is 0 Å². The van der Waals surface area contributed by atoms with Gasteiger partial charge < -0.3 is 10.6 Å².